The van der Waals surface area contributed by atoms with Crippen molar-refractivity contribution in [1.29, 1.82) is 0 Å². The number of halogens is 4. The van der Waals surface area contributed by atoms with Crippen molar-refractivity contribution in [2.45, 2.75) is 13.1 Å². The molecule has 0 aliphatic carbocycles. The number of hydrogen-bond donors (Lipinski definition) is 0. The van der Waals surface area contributed by atoms with E-state index in [0.717, 1.165) is 17.7 Å². The second-order valence-corrected chi connectivity index (χ2v) is 5.93. The van der Waals surface area contributed by atoms with E-state index < -0.39 is 11.7 Å². The summed E-state index contributed by atoms with van der Waals surface area (Å²) in [5, 5.41) is 0.167. The van der Waals surface area contributed by atoms with Crippen molar-refractivity contribution < 1.29 is 13.2 Å². The number of aromatic nitrogens is 2. The minimum absolute atomic E-state index is 0.167. The summed E-state index contributed by atoms with van der Waals surface area (Å²) in [6.07, 6.45) is -1.26. The number of pyridine rings is 1. The van der Waals surface area contributed by atoms with Crippen LogP contribution in [0.15, 0.2) is 53.5 Å². The first-order valence-electron chi connectivity index (χ1n) is 7.29. The lowest BCUT2D eigenvalue weighted by Gasteiger charge is -2.07. The van der Waals surface area contributed by atoms with Crippen LogP contribution in [-0.4, -0.2) is 9.38 Å². The van der Waals surface area contributed by atoms with Gasteiger partial charge >= 0.3 is 6.18 Å². The molecule has 25 heavy (non-hydrogen) atoms. The van der Waals surface area contributed by atoms with Gasteiger partial charge in [-0.05, 0) is 42.3 Å². The highest BCUT2D eigenvalue weighted by Gasteiger charge is 2.29. The monoisotopic (exact) mass is 364 g/mol. The molecule has 0 saturated carbocycles. The fraction of sp³-hybridized carbons (Fsp3) is 0.111. The zero-order valence-electron chi connectivity index (χ0n) is 13.0. The molecule has 0 bridgehead atoms. The predicted octanol–water partition coefficient (Wildman–Crippen LogP) is 4.76. The molecule has 7 heteroatoms. The Kier molecular flexibility index (Phi) is 4.39. The Balaban J connectivity index is 1.98. The van der Waals surface area contributed by atoms with Crippen LogP contribution in [0.4, 0.5) is 13.2 Å². The molecule has 3 nitrogen and oxygen atoms in total. The number of benzene rings is 1. The van der Waals surface area contributed by atoms with Crippen molar-refractivity contribution in [3.05, 3.63) is 81.4 Å². The van der Waals surface area contributed by atoms with Gasteiger partial charge in [0.05, 0.1) is 16.3 Å². The van der Waals surface area contributed by atoms with E-state index in [2.05, 4.69) is 4.98 Å². The van der Waals surface area contributed by atoms with Crippen molar-refractivity contribution >= 4 is 28.4 Å². The van der Waals surface area contributed by atoms with Crippen LogP contribution in [0.25, 0.3) is 16.8 Å². The van der Waals surface area contributed by atoms with Crippen molar-refractivity contribution in [2.75, 3.05) is 0 Å². The van der Waals surface area contributed by atoms with Gasteiger partial charge in [-0.2, -0.15) is 13.2 Å². The molecule has 128 valence electrons. The third kappa shape index (κ3) is 3.74. The molecule has 3 aromatic rings. The zero-order chi connectivity index (χ0) is 18.2. The van der Waals surface area contributed by atoms with Crippen LogP contribution in [0.3, 0.4) is 0 Å². The Bertz CT molecular complexity index is 1020. The maximum atomic E-state index is 12.6. The fourth-order valence-electron chi connectivity index (χ4n) is 2.32. The van der Waals surface area contributed by atoms with Gasteiger partial charge in [0.1, 0.15) is 5.65 Å². The molecule has 0 atom stereocenters. The van der Waals surface area contributed by atoms with Crippen LogP contribution in [0, 0.1) is 6.92 Å². The lowest BCUT2D eigenvalue weighted by molar-refractivity contribution is -0.137. The van der Waals surface area contributed by atoms with Gasteiger partial charge in [-0.3, -0.25) is 9.20 Å². The van der Waals surface area contributed by atoms with Crippen LogP contribution in [0.2, 0.25) is 0 Å². The highest BCUT2D eigenvalue weighted by atomic mass is 35.5. The molecule has 0 fully saturated rings. The number of rotatable bonds is 2. The first-order valence-corrected chi connectivity index (χ1v) is 7.67. The molecule has 0 N–H and O–H groups in total. The van der Waals surface area contributed by atoms with E-state index in [9.17, 15) is 18.0 Å². The highest BCUT2D eigenvalue weighted by molar-refractivity contribution is 6.51. The smallest absolute Gasteiger partial charge is 0.269 e. The summed E-state index contributed by atoms with van der Waals surface area (Å²) in [5.41, 5.74) is 1.06. The number of hydrogen-bond acceptors (Lipinski definition) is 2. The molecule has 3 rings (SSSR count). The average molecular weight is 365 g/mol. The van der Waals surface area contributed by atoms with Crippen LogP contribution in [-0.2, 0) is 6.18 Å². The SMILES string of the molecule is Cc1ccc2nc(/C(Cl)=C/c3ccc(C(F)(F)F)cc3)cc(=O)n2c1. The van der Waals surface area contributed by atoms with Gasteiger partial charge in [-0.15, -0.1) is 0 Å². The summed E-state index contributed by atoms with van der Waals surface area (Å²) >= 11 is 6.20. The van der Waals surface area contributed by atoms with E-state index in [-0.39, 0.29) is 16.3 Å². The number of nitrogens with zero attached hydrogens (tertiary/aromatic N) is 2. The van der Waals surface area contributed by atoms with Crippen molar-refractivity contribution in [2.24, 2.45) is 0 Å². The zero-order valence-corrected chi connectivity index (χ0v) is 13.8. The third-order valence-corrected chi connectivity index (χ3v) is 3.89. The molecule has 0 aliphatic heterocycles. The van der Waals surface area contributed by atoms with E-state index >= 15 is 0 Å². The molecule has 0 spiro atoms. The van der Waals surface area contributed by atoms with Crippen molar-refractivity contribution in [1.82, 2.24) is 9.38 Å². The Morgan fingerprint density at radius 3 is 2.48 bits per heavy atom. The summed E-state index contributed by atoms with van der Waals surface area (Å²) in [5.74, 6) is 0. The van der Waals surface area contributed by atoms with E-state index in [1.807, 2.05) is 13.0 Å². The van der Waals surface area contributed by atoms with Gasteiger partial charge in [-0.1, -0.05) is 29.8 Å². The predicted molar refractivity (Wildman–Crippen MR) is 91.4 cm³/mol. The van der Waals surface area contributed by atoms with Crippen LogP contribution >= 0.6 is 11.6 Å². The van der Waals surface area contributed by atoms with Gasteiger partial charge in [-0.25, -0.2) is 4.98 Å². The fourth-order valence-corrected chi connectivity index (χ4v) is 2.54. The summed E-state index contributed by atoms with van der Waals surface area (Å²) in [6, 6.07) is 9.37. The second-order valence-electron chi connectivity index (χ2n) is 5.53. The maximum absolute atomic E-state index is 12.6. The maximum Gasteiger partial charge on any atom is 0.416 e. The molecule has 2 heterocycles. The summed E-state index contributed by atoms with van der Waals surface area (Å²) in [7, 11) is 0. The van der Waals surface area contributed by atoms with E-state index in [0.29, 0.717) is 11.2 Å². The standard InChI is InChI=1S/C18H12ClF3N2O/c1-11-2-7-16-23-15(9-17(25)24(16)10-11)14(19)8-12-3-5-13(6-4-12)18(20,21)22/h2-10H,1H3/b14-8-. The van der Waals surface area contributed by atoms with E-state index in [1.54, 1.807) is 12.3 Å². The quantitative estimate of drug-likeness (QED) is 0.657. The van der Waals surface area contributed by atoms with Gasteiger partial charge in [0.15, 0.2) is 0 Å². The summed E-state index contributed by atoms with van der Waals surface area (Å²) < 4.78 is 39.1. The topological polar surface area (TPSA) is 34.4 Å². The van der Waals surface area contributed by atoms with Crippen LogP contribution in [0.1, 0.15) is 22.4 Å². The van der Waals surface area contributed by atoms with Crippen LogP contribution in [0.5, 0.6) is 0 Å². The molecule has 0 radical (unpaired) electrons. The Labute approximate surface area is 146 Å². The minimum atomic E-state index is -4.39. The third-order valence-electron chi connectivity index (χ3n) is 3.58. The molecule has 0 unspecified atom stereocenters. The van der Waals surface area contributed by atoms with Gasteiger partial charge < -0.3 is 0 Å². The Hall–Kier alpha value is -2.60. The first-order chi connectivity index (χ1) is 11.7. The molecule has 1 aromatic carbocycles. The molecule has 2 aromatic heterocycles. The normalized spacial score (nSPS) is 12.6. The number of alkyl halides is 3. The van der Waals surface area contributed by atoms with Crippen molar-refractivity contribution in [3.63, 3.8) is 0 Å². The van der Waals surface area contributed by atoms with Crippen LogP contribution < -0.4 is 5.56 Å². The Morgan fingerprint density at radius 2 is 1.84 bits per heavy atom. The lowest BCUT2D eigenvalue weighted by Crippen LogP contribution is -2.15. The largest absolute Gasteiger partial charge is 0.416 e. The Morgan fingerprint density at radius 1 is 1.16 bits per heavy atom. The van der Waals surface area contributed by atoms with Gasteiger partial charge in [0, 0.05) is 12.3 Å². The molecular formula is C18H12ClF3N2O. The second kappa shape index (κ2) is 6.37. The summed E-state index contributed by atoms with van der Waals surface area (Å²) in [4.78, 5) is 16.5. The van der Waals surface area contributed by atoms with Crippen molar-refractivity contribution in [3.8, 4) is 0 Å². The van der Waals surface area contributed by atoms with E-state index in [1.165, 1.54) is 28.7 Å². The lowest BCUT2D eigenvalue weighted by atomic mass is 10.1. The minimum Gasteiger partial charge on any atom is -0.269 e. The average Bonchev–Trinajstić information content (AvgIpc) is 2.55. The molecule has 0 aliphatic rings. The molecular weight excluding hydrogens is 353 g/mol. The number of fused-ring (bicyclic) bond motifs is 1. The highest BCUT2D eigenvalue weighted by Crippen LogP contribution is 2.30. The summed E-state index contributed by atoms with van der Waals surface area (Å²) in [6.45, 7) is 1.86. The van der Waals surface area contributed by atoms with E-state index in [4.69, 9.17) is 11.6 Å². The molecule has 0 saturated heterocycles. The molecule has 0 amide bonds. The van der Waals surface area contributed by atoms with Gasteiger partial charge in [0.25, 0.3) is 5.56 Å². The first kappa shape index (κ1) is 17.2. The van der Waals surface area contributed by atoms with Gasteiger partial charge in [0.2, 0.25) is 0 Å². The number of aryl methyl sites for hydroxylation is 1.